The van der Waals surface area contributed by atoms with Crippen molar-refractivity contribution in [2.75, 3.05) is 18.7 Å². The lowest BCUT2D eigenvalue weighted by atomic mass is 10.3. The third kappa shape index (κ3) is 2.99. The minimum Gasteiger partial charge on any atom is -0.497 e. The van der Waals surface area contributed by atoms with Crippen molar-refractivity contribution >= 4 is 34.7 Å². The van der Waals surface area contributed by atoms with Gasteiger partial charge in [-0.1, -0.05) is 23.1 Å². The predicted molar refractivity (Wildman–Crippen MR) is 72.6 cm³/mol. The molecular weight excluding hydrogens is 270 g/mol. The molecule has 0 radical (unpaired) electrons. The maximum atomic E-state index is 11.9. The van der Waals surface area contributed by atoms with Gasteiger partial charge in [-0.3, -0.25) is 4.79 Å². The van der Waals surface area contributed by atoms with Gasteiger partial charge in [0.1, 0.15) is 5.75 Å². The van der Waals surface area contributed by atoms with Crippen LogP contribution >= 0.6 is 23.1 Å². The van der Waals surface area contributed by atoms with Gasteiger partial charge in [-0.15, -0.1) is 10.2 Å². The second kappa shape index (κ2) is 5.83. The molecule has 18 heavy (non-hydrogen) atoms. The molecule has 1 heterocycles. The number of hydrogen-bond acceptors (Lipinski definition) is 6. The van der Waals surface area contributed by atoms with Crippen LogP contribution in [0.4, 0.5) is 5.69 Å². The van der Waals surface area contributed by atoms with E-state index in [1.54, 1.807) is 31.4 Å². The molecule has 0 saturated carbocycles. The SMILES string of the molecule is COc1ccc(NC(=O)c2nnc(SC)s2)cc1. The Bertz CT molecular complexity index is 539. The number of carbonyl (C=O) groups excluding carboxylic acids is 1. The third-order valence-electron chi connectivity index (χ3n) is 2.12. The number of methoxy groups -OCH3 is 1. The minimum absolute atomic E-state index is 0.252. The molecule has 0 aliphatic rings. The standard InChI is InChI=1S/C11H11N3O2S2/c1-16-8-5-3-7(4-6-8)12-9(15)10-13-14-11(17-2)18-10/h3-6H,1-2H3,(H,12,15). The maximum Gasteiger partial charge on any atom is 0.286 e. The summed E-state index contributed by atoms with van der Waals surface area (Å²) in [5.41, 5.74) is 0.696. The van der Waals surface area contributed by atoms with Crippen LogP contribution < -0.4 is 10.1 Å². The van der Waals surface area contributed by atoms with E-state index >= 15 is 0 Å². The quantitative estimate of drug-likeness (QED) is 0.872. The number of nitrogens with one attached hydrogen (secondary N) is 1. The summed E-state index contributed by atoms with van der Waals surface area (Å²) in [6.45, 7) is 0. The van der Waals surface area contributed by atoms with E-state index in [2.05, 4.69) is 15.5 Å². The Balaban J connectivity index is 2.06. The van der Waals surface area contributed by atoms with Crippen molar-refractivity contribution in [3.63, 3.8) is 0 Å². The predicted octanol–water partition coefficient (Wildman–Crippen LogP) is 2.52. The van der Waals surface area contributed by atoms with E-state index in [1.165, 1.54) is 23.1 Å². The molecule has 1 aromatic heterocycles. The van der Waals surface area contributed by atoms with Crippen molar-refractivity contribution in [3.8, 4) is 5.75 Å². The van der Waals surface area contributed by atoms with Gasteiger partial charge in [0.25, 0.3) is 5.91 Å². The molecule has 0 spiro atoms. The van der Waals surface area contributed by atoms with Crippen LogP contribution in [0.1, 0.15) is 9.80 Å². The van der Waals surface area contributed by atoms with Crippen LogP contribution in [0, 0.1) is 0 Å². The molecule has 0 atom stereocenters. The number of amides is 1. The molecule has 1 N–H and O–H groups in total. The smallest absolute Gasteiger partial charge is 0.286 e. The number of ether oxygens (including phenoxy) is 1. The first-order chi connectivity index (χ1) is 8.72. The van der Waals surface area contributed by atoms with Crippen molar-refractivity contribution in [2.45, 2.75) is 4.34 Å². The maximum absolute atomic E-state index is 11.9. The average Bonchev–Trinajstić information content (AvgIpc) is 2.88. The lowest BCUT2D eigenvalue weighted by molar-refractivity contribution is 0.102. The Morgan fingerprint density at radius 3 is 2.61 bits per heavy atom. The van der Waals surface area contributed by atoms with E-state index in [0.717, 1.165) is 10.1 Å². The zero-order chi connectivity index (χ0) is 13.0. The molecule has 7 heteroatoms. The fraction of sp³-hybridized carbons (Fsp3) is 0.182. The second-order valence-electron chi connectivity index (χ2n) is 3.26. The summed E-state index contributed by atoms with van der Waals surface area (Å²) >= 11 is 2.74. The zero-order valence-corrected chi connectivity index (χ0v) is 11.5. The van der Waals surface area contributed by atoms with Crippen molar-refractivity contribution < 1.29 is 9.53 Å². The highest BCUT2D eigenvalue weighted by Gasteiger charge is 2.12. The molecule has 2 rings (SSSR count). The Morgan fingerprint density at radius 1 is 1.33 bits per heavy atom. The highest BCUT2D eigenvalue weighted by Crippen LogP contribution is 2.21. The first-order valence-electron chi connectivity index (χ1n) is 5.06. The molecule has 2 aromatic rings. The van der Waals surface area contributed by atoms with Gasteiger partial charge in [0.2, 0.25) is 5.01 Å². The number of nitrogens with zero attached hydrogens (tertiary/aromatic N) is 2. The van der Waals surface area contributed by atoms with E-state index in [1.807, 2.05) is 6.26 Å². The van der Waals surface area contributed by atoms with Gasteiger partial charge < -0.3 is 10.1 Å². The van der Waals surface area contributed by atoms with Crippen molar-refractivity contribution in [1.29, 1.82) is 0 Å². The van der Waals surface area contributed by atoms with Gasteiger partial charge in [-0.05, 0) is 30.5 Å². The number of thioether (sulfide) groups is 1. The number of anilines is 1. The van der Waals surface area contributed by atoms with Crippen LogP contribution in [0.2, 0.25) is 0 Å². The van der Waals surface area contributed by atoms with Gasteiger partial charge >= 0.3 is 0 Å². The van der Waals surface area contributed by atoms with Crippen LogP contribution in [0.15, 0.2) is 28.6 Å². The Hall–Kier alpha value is -1.60. The molecule has 0 aliphatic heterocycles. The second-order valence-corrected chi connectivity index (χ2v) is 5.29. The Kier molecular flexibility index (Phi) is 4.16. The van der Waals surface area contributed by atoms with Gasteiger partial charge in [-0.25, -0.2) is 0 Å². The summed E-state index contributed by atoms with van der Waals surface area (Å²) < 4.78 is 5.81. The highest BCUT2D eigenvalue weighted by molar-refractivity contribution is 8.00. The molecule has 1 aromatic carbocycles. The lowest BCUT2D eigenvalue weighted by Gasteiger charge is -2.03. The van der Waals surface area contributed by atoms with Crippen molar-refractivity contribution in [3.05, 3.63) is 29.3 Å². The van der Waals surface area contributed by atoms with E-state index in [-0.39, 0.29) is 5.91 Å². The summed E-state index contributed by atoms with van der Waals surface area (Å²) in [6, 6.07) is 7.10. The van der Waals surface area contributed by atoms with E-state index in [9.17, 15) is 4.79 Å². The van der Waals surface area contributed by atoms with Crippen LogP contribution in [-0.2, 0) is 0 Å². The largest absolute Gasteiger partial charge is 0.497 e. The number of aromatic nitrogens is 2. The van der Waals surface area contributed by atoms with E-state index in [0.29, 0.717) is 10.7 Å². The van der Waals surface area contributed by atoms with Crippen molar-refractivity contribution in [1.82, 2.24) is 10.2 Å². The number of benzene rings is 1. The zero-order valence-electron chi connectivity index (χ0n) is 9.84. The molecule has 1 amide bonds. The summed E-state index contributed by atoms with van der Waals surface area (Å²) in [6.07, 6.45) is 1.89. The number of carbonyl (C=O) groups is 1. The molecule has 0 fully saturated rings. The average molecular weight is 281 g/mol. The highest BCUT2D eigenvalue weighted by atomic mass is 32.2. The summed E-state index contributed by atoms with van der Waals surface area (Å²) in [7, 11) is 1.60. The van der Waals surface area contributed by atoms with E-state index in [4.69, 9.17) is 4.74 Å². The fourth-order valence-electron chi connectivity index (χ4n) is 1.24. The molecular formula is C11H11N3O2S2. The Labute approximate surface area is 113 Å². The fourth-order valence-corrected chi connectivity index (χ4v) is 2.41. The van der Waals surface area contributed by atoms with E-state index < -0.39 is 0 Å². The van der Waals surface area contributed by atoms with Gasteiger partial charge in [0.05, 0.1) is 7.11 Å². The van der Waals surface area contributed by atoms with Crippen molar-refractivity contribution in [2.24, 2.45) is 0 Å². The first-order valence-corrected chi connectivity index (χ1v) is 7.10. The van der Waals surface area contributed by atoms with Crippen LogP contribution in [-0.4, -0.2) is 29.5 Å². The lowest BCUT2D eigenvalue weighted by Crippen LogP contribution is -2.11. The number of hydrogen-bond donors (Lipinski definition) is 1. The topological polar surface area (TPSA) is 64.1 Å². The monoisotopic (exact) mass is 281 g/mol. The molecule has 5 nitrogen and oxygen atoms in total. The molecule has 0 unspecified atom stereocenters. The Morgan fingerprint density at radius 2 is 2.06 bits per heavy atom. The minimum atomic E-state index is -0.252. The van der Waals surface area contributed by atoms with Crippen LogP contribution in [0.3, 0.4) is 0 Å². The van der Waals surface area contributed by atoms with Crippen LogP contribution in [0.25, 0.3) is 0 Å². The van der Waals surface area contributed by atoms with Gasteiger partial charge in [0, 0.05) is 5.69 Å². The first kappa shape index (κ1) is 12.8. The summed E-state index contributed by atoms with van der Waals surface area (Å²) in [5, 5.41) is 10.8. The van der Waals surface area contributed by atoms with Gasteiger partial charge in [0.15, 0.2) is 4.34 Å². The molecule has 0 bridgehead atoms. The van der Waals surface area contributed by atoms with Crippen LogP contribution in [0.5, 0.6) is 5.75 Å². The summed E-state index contributed by atoms with van der Waals surface area (Å²) in [4.78, 5) is 11.9. The van der Waals surface area contributed by atoms with Gasteiger partial charge in [-0.2, -0.15) is 0 Å². The molecule has 0 aliphatic carbocycles. The normalized spacial score (nSPS) is 10.1. The summed E-state index contributed by atoms with van der Waals surface area (Å²) in [5.74, 6) is 0.492. The third-order valence-corrected chi connectivity index (χ3v) is 4.02. The molecule has 0 saturated heterocycles. The number of rotatable bonds is 4. The molecule has 94 valence electrons.